The Hall–Kier alpha value is -3.88. The van der Waals surface area contributed by atoms with Gasteiger partial charge in [-0.25, -0.2) is 15.0 Å². The number of nitrogens with zero attached hydrogens (tertiary/aromatic N) is 3. The van der Waals surface area contributed by atoms with Crippen molar-refractivity contribution in [3.8, 4) is 17.2 Å². The first kappa shape index (κ1) is 19.6. The third-order valence-corrected chi connectivity index (χ3v) is 6.66. The fraction of sp³-hybridized carbons (Fsp3) is 0.240. The van der Waals surface area contributed by atoms with Gasteiger partial charge in [-0.1, -0.05) is 0 Å². The summed E-state index contributed by atoms with van der Waals surface area (Å²) in [5, 5.41) is 0. The lowest BCUT2D eigenvalue weighted by Crippen LogP contribution is -2.04. The Kier molecular flexibility index (Phi) is 3.92. The van der Waals surface area contributed by atoms with E-state index in [-0.39, 0.29) is 17.9 Å². The summed E-state index contributed by atoms with van der Waals surface area (Å²) >= 11 is 0. The first-order valence-corrected chi connectivity index (χ1v) is 11.0. The number of rotatable bonds is 3. The molecule has 34 heavy (non-hydrogen) atoms. The number of benzene rings is 2. The van der Waals surface area contributed by atoms with Gasteiger partial charge in [-0.15, -0.1) is 0 Å². The van der Waals surface area contributed by atoms with Gasteiger partial charge in [0.2, 0.25) is 0 Å². The van der Waals surface area contributed by atoms with Gasteiger partial charge in [0.15, 0.2) is 5.82 Å². The van der Waals surface area contributed by atoms with E-state index < -0.39 is 11.7 Å². The van der Waals surface area contributed by atoms with Crippen LogP contribution in [0.3, 0.4) is 0 Å². The first-order chi connectivity index (χ1) is 16.5. The van der Waals surface area contributed by atoms with Crippen LogP contribution in [0, 0.1) is 0 Å². The van der Waals surface area contributed by atoms with Crippen molar-refractivity contribution in [3.05, 3.63) is 71.2 Å². The van der Waals surface area contributed by atoms with Crippen LogP contribution in [0.4, 0.5) is 19.0 Å². The van der Waals surface area contributed by atoms with E-state index in [9.17, 15) is 13.2 Å². The highest BCUT2D eigenvalue weighted by molar-refractivity contribution is 5.76. The van der Waals surface area contributed by atoms with Crippen molar-refractivity contribution in [2.45, 2.75) is 37.0 Å². The van der Waals surface area contributed by atoms with Crippen molar-refractivity contribution in [2.75, 3.05) is 0 Å². The van der Waals surface area contributed by atoms with Gasteiger partial charge >= 0.3 is 6.18 Å². The Morgan fingerprint density at radius 2 is 1.97 bits per heavy atom. The number of fused-ring (bicyclic) bond motifs is 5. The summed E-state index contributed by atoms with van der Waals surface area (Å²) in [5.74, 6) is 3.61. The van der Waals surface area contributed by atoms with Crippen molar-refractivity contribution in [1.29, 1.82) is 0 Å². The minimum Gasteiger partial charge on any atom is -0.489 e. The Balaban J connectivity index is 1.17. The molecule has 1 saturated carbocycles. The lowest BCUT2D eigenvalue weighted by atomic mass is 10.1. The number of pyridine rings is 1. The number of aromatic amines is 1. The van der Waals surface area contributed by atoms with Crippen LogP contribution >= 0.6 is 0 Å². The van der Waals surface area contributed by atoms with E-state index in [1.165, 1.54) is 6.07 Å². The maximum atomic E-state index is 13.1. The quantitative estimate of drug-likeness (QED) is 0.402. The van der Waals surface area contributed by atoms with Gasteiger partial charge in [0.1, 0.15) is 29.2 Å². The summed E-state index contributed by atoms with van der Waals surface area (Å²) in [4.78, 5) is 16.3. The largest absolute Gasteiger partial charge is 0.489 e. The molecule has 3 atom stereocenters. The number of imidazole rings is 1. The van der Waals surface area contributed by atoms with Crippen LogP contribution in [0.2, 0.25) is 0 Å². The molecule has 2 aromatic carbocycles. The molecule has 0 spiro atoms. The van der Waals surface area contributed by atoms with E-state index in [0.29, 0.717) is 28.4 Å². The lowest BCUT2D eigenvalue weighted by Gasteiger charge is -2.15. The minimum atomic E-state index is -4.39. The number of halogens is 3. The second-order valence-electron chi connectivity index (χ2n) is 8.75. The molecule has 0 amide bonds. The molecule has 4 aromatic rings. The molecule has 7 rings (SSSR count). The summed E-state index contributed by atoms with van der Waals surface area (Å²) in [6, 6.07) is 11.1. The number of ether oxygens (including phenoxy) is 2. The van der Waals surface area contributed by atoms with Crippen molar-refractivity contribution >= 4 is 23.1 Å². The highest BCUT2D eigenvalue weighted by atomic mass is 19.4. The van der Waals surface area contributed by atoms with Gasteiger partial charge in [0, 0.05) is 29.5 Å². The Bertz CT molecular complexity index is 1490. The van der Waals surface area contributed by atoms with Crippen LogP contribution in [-0.2, 0) is 12.6 Å². The molecule has 2 aliphatic heterocycles. The van der Waals surface area contributed by atoms with Gasteiger partial charge in [0.05, 0.1) is 22.5 Å². The molecule has 0 bridgehead atoms. The molecule has 0 unspecified atom stereocenters. The second kappa shape index (κ2) is 6.82. The number of hydrogen-bond donors (Lipinski definition) is 1. The average molecular weight is 462 g/mol. The zero-order valence-electron chi connectivity index (χ0n) is 17.6. The van der Waals surface area contributed by atoms with E-state index in [4.69, 9.17) is 9.47 Å². The van der Waals surface area contributed by atoms with Crippen LogP contribution in [0.1, 0.15) is 40.8 Å². The first-order valence-electron chi connectivity index (χ1n) is 11.0. The van der Waals surface area contributed by atoms with Gasteiger partial charge in [0.25, 0.3) is 0 Å². The van der Waals surface area contributed by atoms with Gasteiger partial charge in [-0.05, 0) is 55.3 Å². The number of hydrogen-bond acceptors (Lipinski definition) is 5. The second-order valence-corrected chi connectivity index (χ2v) is 8.75. The number of alkyl halides is 3. The third kappa shape index (κ3) is 2.99. The van der Waals surface area contributed by atoms with Crippen LogP contribution < -0.4 is 9.47 Å². The molecule has 2 aromatic heterocycles. The number of H-pyrrole nitrogens is 1. The van der Waals surface area contributed by atoms with E-state index in [0.717, 1.165) is 47.6 Å². The smallest absolute Gasteiger partial charge is 0.416 e. The molecule has 1 aliphatic carbocycles. The maximum Gasteiger partial charge on any atom is 0.416 e. The summed E-state index contributed by atoms with van der Waals surface area (Å²) in [7, 11) is 0. The molecule has 170 valence electrons. The van der Waals surface area contributed by atoms with Gasteiger partial charge < -0.3 is 14.5 Å². The van der Waals surface area contributed by atoms with Crippen molar-refractivity contribution in [2.24, 2.45) is 4.99 Å². The van der Waals surface area contributed by atoms with E-state index >= 15 is 0 Å². The van der Waals surface area contributed by atoms with Crippen molar-refractivity contribution in [1.82, 2.24) is 15.0 Å². The zero-order valence-corrected chi connectivity index (χ0v) is 17.6. The van der Waals surface area contributed by atoms with Crippen molar-refractivity contribution < 1.29 is 22.6 Å². The molecule has 4 heterocycles. The topological polar surface area (TPSA) is 72.4 Å². The standard InChI is InChI=1S/C25H17F3N4O2/c26-25(27,28)12-3-5-16-17(10-12)32-24(31-16)21-20-15-11-13(4-6-18(15)34-22(20)21)33-19-7-9-30-23-14(19)2-1-8-29-23/h3-11,20-22H,1-2H2,(H,31,32)/t20-,21-,22-/m0/s1. The third-order valence-electron chi connectivity index (χ3n) is 6.66. The summed E-state index contributed by atoms with van der Waals surface area (Å²) < 4.78 is 51.5. The highest BCUT2D eigenvalue weighted by Crippen LogP contribution is 2.63. The molecule has 0 saturated heterocycles. The molecular formula is C25H17F3N4O2. The average Bonchev–Trinajstić information content (AvgIpc) is 3.18. The van der Waals surface area contributed by atoms with Crippen LogP contribution in [0.25, 0.3) is 11.0 Å². The predicted molar refractivity (Wildman–Crippen MR) is 118 cm³/mol. The Labute approximate surface area is 191 Å². The van der Waals surface area contributed by atoms with E-state index in [2.05, 4.69) is 19.9 Å². The summed E-state index contributed by atoms with van der Waals surface area (Å²) in [6.45, 7) is 0. The SMILES string of the molecule is FC(F)(F)c1ccc2nc([C@@H]3[C@H]4Oc5ccc(Oc6ccnc7c6CCC=N7)cc5[C@H]43)[nH]c2c1. The molecule has 1 N–H and O–H groups in total. The van der Waals surface area contributed by atoms with Crippen LogP contribution in [-0.4, -0.2) is 27.3 Å². The van der Waals surface area contributed by atoms with Crippen LogP contribution in [0.15, 0.2) is 53.7 Å². The lowest BCUT2D eigenvalue weighted by molar-refractivity contribution is -0.137. The number of aliphatic imine (C=N–C) groups is 1. The Morgan fingerprint density at radius 3 is 2.85 bits per heavy atom. The molecular weight excluding hydrogens is 445 g/mol. The summed E-state index contributed by atoms with van der Waals surface area (Å²) in [5.41, 5.74) is 2.19. The van der Waals surface area contributed by atoms with E-state index in [1.54, 1.807) is 6.20 Å². The molecule has 3 aliphatic rings. The summed E-state index contributed by atoms with van der Waals surface area (Å²) in [6.07, 6.45) is 0.739. The number of nitrogens with one attached hydrogen (secondary N) is 1. The van der Waals surface area contributed by atoms with Gasteiger partial charge in [-0.3, -0.25) is 0 Å². The Morgan fingerprint density at radius 1 is 1.06 bits per heavy atom. The monoisotopic (exact) mass is 462 g/mol. The maximum absolute atomic E-state index is 13.1. The fourth-order valence-electron chi connectivity index (χ4n) is 4.99. The van der Waals surface area contributed by atoms with Crippen molar-refractivity contribution in [3.63, 3.8) is 0 Å². The highest BCUT2D eigenvalue weighted by Gasteiger charge is 2.61. The molecule has 1 fully saturated rings. The van der Waals surface area contributed by atoms with E-state index in [1.807, 2.05) is 30.5 Å². The molecule has 6 nitrogen and oxygen atoms in total. The van der Waals surface area contributed by atoms with Gasteiger partial charge in [-0.2, -0.15) is 13.2 Å². The minimum absolute atomic E-state index is 0.0347. The molecule has 9 heteroatoms. The molecule has 0 radical (unpaired) electrons. The van der Waals surface area contributed by atoms with Crippen LogP contribution in [0.5, 0.6) is 17.2 Å². The predicted octanol–water partition coefficient (Wildman–Crippen LogP) is 6.06. The number of aromatic nitrogens is 3. The normalized spacial score (nSPS) is 22.1. The fourth-order valence-corrected chi connectivity index (χ4v) is 4.99. The zero-order chi connectivity index (χ0) is 23.0.